The van der Waals surface area contributed by atoms with Crippen molar-refractivity contribution in [3.05, 3.63) is 0 Å². The molecule has 2 amide bonds. The van der Waals surface area contributed by atoms with Crippen LogP contribution in [0.5, 0.6) is 0 Å². The van der Waals surface area contributed by atoms with Crippen molar-refractivity contribution in [3.8, 4) is 0 Å². The maximum atomic E-state index is 12.4. The fourth-order valence-electron chi connectivity index (χ4n) is 3.22. The van der Waals surface area contributed by atoms with E-state index in [2.05, 4.69) is 17.6 Å². The Balaban J connectivity index is 1.72. The summed E-state index contributed by atoms with van der Waals surface area (Å²) in [5.41, 5.74) is 0. The van der Waals surface area contributed by atoms with E-state index in [4.69, 9.17) is 0 Å². The monoisotopic (exact) mass is 295 g/mol. The first-order valence-electron chi connectivity index (χ1n) is 8.49. The molecule has 2 heterocycles. The van der Waals surface area contributed by atoms with Crippen LogP contribution in [0.4, 0.5) is 0 Å². The van der Waals surface area contributed by atoms with Crippen molar-refractivity contribution < 1.29 is 9.59 Å². The Morgan fingerprint density at radius 2 is 1.95 bits per heavy atom. The number of hydrogen-bond donors (Lipinski definition) is 2. The summed E-state index contributed by atoms with van der Waals surface area (Å²) in [5.74, 6) is 0.700. The number of carbonyl (C=O) groups is 2. The summed E-state index contributed by atoms with van der Waals surface area (Å²) in [6, 6.07) is 0. The van der Waals surface area contributed by atoms with Gasteiger partial charge in [0.05, 0.1) is 5.92 Å². The number of likely N-dealkylation sites (tertiary alicyclic amines) is 1. The van der Waals surface area contributed by atoms with Gasteiger partial charge in [0.2, 0.25) is 11.8 Å². The lowest BCUT2D eigenvalue weighted by Crippen LogP contribution is -2.47. The van der Waals surface area contributed by atoms with Crippen LogP contribution in [0.2, 0.25) is 0 Å². The molecular weight excluding hydrogens is 266 g/mol. The van der Waals surface area contributed by atoms with Gasteiger partial charge in [-0.3, -0.25) is 9.59 Å². The second-order valence-electron chi connectivity index (χ2n) is 6.29. The van der Waals surface area contributed by atoms with E-state index < -0.39 is 0 Å². The summed E-state index contributed by atoms with van der Waals surface area (Å²) in [4.78, 5) is 26.4. The number of amides is 2. The molecule has 0 spiro atoms. The molecule has 2 saturated heterocycles. The Labute approximate surface area is 127 Å². The van der Waals surface area contributed by atoms with E-state index in [0.29, 0.717) is 0 Å². The average Bonchev–Trinajstić information content (AvgIpc) is 2.55. The fraction of sp³-hybridized carbons (Fsp3) is 0.875. The van der Waals surface area contributed by atoms with Gasteiger partial charge in [-0.05, 0) is 38.6 Å². The number of piperidine rings is 2. The van der Waals surface area contributed by atoms with Crippen LogP contribution in [0.15, 0.2) is 0 Å². The minimum Gasteiger partial charge on any atom is -0.356 e. The van der Waals surface area contributed by atoms with Gasteiger partial charge >= 0.3 is 0 Å². The summed E-state index contributed by atoms with van der Waals surface area (Å²) in [6.07, 6.45) is 5.85. The van der Waals surface area contributed by atoms with Crippen LogP contribution in [0.25, 0.3) is 0 Å². The predicted molar refractivity (Wildman–Crippen MR) is 82.8 cm³/mol. The molecule has 1 atom stereocenters. The van der Waals surface area contributed by atoms with Crippen molar-refractivity contribution in [1.29, 1.82) is 0 Å². The quantitative estimate of drug-likeness (QED) is 0.748. The molecule has 0 aromatic rings. The van der Waals surface area contributed by atoms with Crippen molar-refractivity contribution in [3.63, 3.8) is 0 Å². The second-order valence-corrected chi connectivity index (χ2v) is 6.29. The molecular formula is C16H29N3O2. The Morgan fingerprint density at radius 1 is 1.19 bits per heavy atom. The highest BCUT2D eigenvalue weighted by Gasteiger charge is 2.31. The average molecular weight is 295 g/mol. The molecule has 5 heteroatoms. The molecule has 0 radical (unpaired) electrons. The number of nitrogens with zero attached hydrogens (tertiary/aromatic N) is 1. The molecule has 2 rings (SSSR count). The van der Waals surface area contributed by atoms with Gasteiger partial charge in [-0.2, -0.15) is 0 Å². The Morgan fingerprint density at radius 3 is 2.57 bits per heavy atom. The zero-order valence-corrected chi connectivity index (χ0v) is 13.2. The normalized spacial score (nSPS) is 23.9. The minimum atomic E-state index is 0.0930. The maximum Gasteiger partial charge on any atom is 0.226 e. The molecule has 2 N–H and O–H groups in total. The van der Waals surface area contributed by atoms with E-state index in [0.717, 1.165) is 71.2 Å². The number of nitrogens with one attached hydrogen (secondary N) is 2. The van der Waals surface area contributed by atoms with Gasteiger partial charge in [0, 0.05) is 32.1 Å². The number of unbranched alkanes of at least 4 members (excludes halogenated alkanes) is 1. The van der Waals surface area contributed by atoms with E-state index in [1.165, 1.54) is 0 Å². The lowest BCUT2D eigenvalue weighted by molar-refractivity contribution is -0.139. The third kappa shape index (κ3) is 4.70. The topological polar surface area (TPSA) is 61.4 Å². The van der Waals surface area contributed by atoms with Crippen molar-refractivity contribution in [2.24, 2.45) is 11.8 Å². The molecule has 0 aromatic carbocycles. The van der Waals surface area contributed by atoms with Crippen LogP contribution in [0.1, 0.15) is 45.4 Å². The molecule has 0 aromatic heterocycles. The Bertz CT molecular complexity index is 345. The molecule has 2 aliphatic heterocycles. The molecule has 2 aliphatic rings. The summed E-state index contributed by atoms with van der Waals surface area (Å²) in [7, 11) is 0. The van der Waals surface area contributed by atoms with E-state index in [1.54, 1.807) is 0 Å². The van der Waals surface area contributed by atoms with E-state index >= 15 is 0 Å². The smallest absolute Gasteiger partial charge is 0.226 e. The molecule has 0 aliphatic carbocycles. The van der Waals surface area contributed by atoms with E-state index in [-0.39, 0.29) is 23.7 Å². The van der Waals surface area contributed by atoms with Crippen LogP contribution in [0.3, 0.4) is 0 Å². The van der Waals surface area contributed by atoms with Gasteiger partial charge in [-0.15, -0.1) is 0 Å². The molecule has 5 nitrogen and oxygen atoms in total. The van der Waals surface area contributed by atoms with Crippen molar-refractivity contribution >= 4 is 11.8 Å². The Kier molecular flexibility index (Phi) is 6.49. The van der Waals surface area contributed by atoms with Gasteiger partial charge in [-0.25, -0.2) is 0 Å². The van der Waals surface area contributed by atoms with Crippen LogP contribution >= 0.6 is 0 Å². The fourth-order valence-corrected chi connectivity index (χ4v) is 3.22. The molecule has 1 unspecified atom stereocenters. The van der Waals surface area contributed by atoms with Crippen molar-refractivity contribution in [1.82, 2.24) is 15.5 Å². The van der Waals surface area contributed by atoms with Crippen LogP contribution in [-0.2, 0) is 9.59 Å². The zero-order chi connectivity index (χ0) is 15.1. The molecule has 0 saturated carbocycles. The van der Waals surface area contributed by atoms with E-state index in [9.17, 15) is 9.59 Å². The van der Waals surface area contributed by atoms with Gasteiger partial charge in [0.15, 0.2) is 0 Å². The van der Waals surface area contributed by atoms with Crippen molar-refractivity contribution in [2.75, 3.05) is 32.7 Å². The van der Waals surface area contributed by atoms with Gasteiger partial charge in [0.25, 0.3) is 0 Å². The molecule has 2 fully saturated rings. The second kappa shape index (κ2) is 8.37. The van der Waals surface area contributed by atoms with Crippen LogP contribution < -0.4 is 10.6 Å². The van der Waals surface area contributed by atoms with Crippen LogP contribution in [-0.4, -0.2) is 49.4 Å². The minimum absolute atomic E-state index is 0.0930. The SMILES string of the molecule is CCCCNC(=O)C1CCN(C(=O)C2CCCNC2)CC1. The predicted octanol–water partition coefficient (Wildman–Crippen LogP) is 1.14. The highest BCUT2D eigenvalue weighted by Crippen LogP contribution is 2.21. The lowest BCUT2D eigenvalue weighted by Gasteiger charge is -2.34. The van der Waals surface area contributed by atoms with Crippen molar-refractivity contribution in [2.45, 2.75) is 45.4 Å². The third-order valence-electron chi connectivity index (χ3n) is 4.65. The maximum absolute atomic E-state index is 12.4. The van der Waals surface area contributed by atoms with E-state index in [1.807, 2.05) is 4.90 Å². The highest BCUT2D eigenvalue weighted by molar-refractivity contribution is 5.81. The summed E-state index contributed by atoms with van der Waals surface area (Å²) in [5, 5.41) is 6.31. The summed E-state index contributed by atoms with van der Waals surface area (Å²) in [6.45, 7) is 6.22. The number of carbonyl (C=O) groups excluding carboxylic acids is 2. The lowest BCUT2D eigenvalue weighted by atomic mass is 9.93. The van der Waals surface area contributed by atoms with Gasteiger partial charge < -0.3 is 15.5 Å². The standard InChI is InChI=1S/C16H29N3O2/c1-2-3-9-18-15(20)13-6-10-19(11-7-13)16(21)14-5-4-8-17-12-14/h13-14,17H,2-12H2,1H3,(H,18,20). The molecule has 120 valence electrons. The third-order valence-corrected chi connectivity index (χ3v) is 4.65. The number of hydrogen-bond acceptors (Lipinski definition) is 3. The first-order valence-corrected chi connectivity index (χ1v) is 8.49. The summed E-state index contributed by atoms with van der Waals surface area (Å²) >= 11 is 0. The largest absolute Gasteiger partial charge is 0.356 e. The highest BCUT2D eigenvalue weighted by atomic mass is 16.2. The molecule has 0 bridgehead atoms. The Hall–Kier alpha value is -1.10. The zero-order valence-electron chi connectivity index (χ0n) is 13.2. The summed E-state index contributed by atoms with van der Waals surface area (Å²) < 4.78 is 0. The first kappa shape index (κ1) is 16.3. The molecule has 21 heavy (non-hydrogen) atoms. The number of rotatable bonds is 5. The van der Waals surface area contributed by atoms with Gasteiger partial charge in [-0.1, -0.05) is 13.3 Å². The first-order chi connectivity index (χ1) is 10.2. The van der Waals surface area contributed by atoms with Crippen LogP contribution in [0, 0.1) is 11.8 Å². The van der Waals surface area contributed by atoms with Gasteiger partial charge in [0.1, 0.15) is 0 Å².